The number of carbonyl (C=O) groups excluding carboxylic acids is 1. The maximum Gasteiger partial charge on any atom is 0.435 e. The molecule has 2 aliphatic rings. The molecule has 2 aliphatic heterocycles. The van der Waals surface area contributed by atoms with Crippen molar-refractivity contribution in [3.05, 3.63) is 53.5 Å². The second kappa shape index (κ2) is 6.48. The summed E-state index contributed by atoms with van der Waals surface area (Å²) in [5.74, 6) is -0.304. The SMILES string of the molecule is O=C(c1cc(-c2ccc(O)cc2)nc2[nH]nc(C(F)(F)F)c12)N1CCC2CNC=C21. The Morgan fingerprint density at radius 1 is 1.23 bits per heavy atom. The van der Waals surface area contributed by atoms with E-state index in [2.05, 4.69) is 20.5 Å². The summed E-state index contributed by atoms with van der Waals surface area (Å²) in [6, 6.07) is 7.40. The van der Waals surface area contributed by atoms with Gasteiger partial charge in [0.2, 0.25) is 0 Å². The maximum absolute atomic E-state index is 13.6. The highest BCUT2D eigenvalue weighted by Gasteiger charge is 2.40. The van der Waals surface area contributed by atoms with E-state index in [1.54, 1.807) is 18.3 Å². The molecule has 0 spiro atoms. The predicted octanol–water partition coefficient (Wildman–Crippen LogP) is 3.26. The molecule has 0 saturated carbocycles. The first-order chi connectivity index (χ1) is 14.3. The Kier molecular flexibility index (Phi) is 3.99. The summed E-state index contributed by atoms with van der Waals surface area (Å²) < 4.78 is 40.7. The van der Waals surface area contributed by atoms with Gasteiger partial charge in [-0.15, -0.1) is 0 Å². The molecule has 1 unspecified atom stereocenters. The largest absolute Gasteiger partial charge is 0.508 e. The van der Waals surface area contributed by atoms with E-state index in [-0.39, 0.29) is 28.3 Å². The molecule has 1 amide bonds. The number of amides is 1. The molecule has 3 aromatic rings. The fourth-order valence-electron chi connectivity index (χ4n) is 4.04. The molecule has 1 atom stereocenters. The van der Waals surface area contributed by atoms with E-state index in [4.69, 9.17) is 0 Å². The Labute approximate surface area is 168 Å². The van der Waals surface area contributed by atoms with Crippen molar-refractivity contribution in [2.24, 2.45) is 5.92 Å². The van der Waals surface area contributed by atoms with Crippen LogP contribution in [0.3, 0.4) is 0 Å². The number of alkyl halides is 3. The highest BCUT2D eigenvalue weighted by molar-refractivity contribution is 6.08. The second-order valence-corrected chi connectivity index (χ2v) is 7.32. The summed E-state index contributed by atoms with van der Waals surface area (Å²) >= 11 is 0. The number of aromatic hydroxyl groups is 1. The van der Waals surface area contributed by atoms with Crippen molar-refractivity contribution in [3.8, 4) is 17.0 Å². The van der Waals surface area contributed by atoms with E-state index in [1.807, 2.05) is 0 Å². The number of halogens is 3. The molecule has 7 nitrogen and oxygen atoms in total. The molecule has 154 valence electrons. The van der Waals surface area contributed by atoms with Crippen LogP contribution in [0, 0.1) is 5.92 Å². The highest BCUT2D eigenvalue weighted by Crippen LogP contribution is 2.38. The molecular formula is C20H16F3N5O2. The number of phenols is 1. The number of phenolic OH excluding ortho intramolecular Hbond substituents is 1. The van der Waals surface area contributed by atoms with Crippen molar-refractivity contribution in [2.75, 3.05) is 13.1 Å². The first kappa shape index (κ1) is 18.5. The Hall–Kier alpha value is -3.56. The Morgan fingerprint density at radius 3 is 2.73 bits per heavy atom. The van der Waals surface area contributed by atoms with E-state index in [0.717, 1.165) is 12.1 Å². The average molecular weight is 415 g/mol. The van der Waals surface area contributed by atoms with Gasteiger partial charge in [0, 0.05) is 36.5 Å². The number of hydrogen-bond donors (Lipinski definition) is 3. The number of H-pyrrole nitrogens is 1. The minimum Gasteiger partial charge on any atom is -0.508 e. The molecule has 1 saturated heterocycles. The van der Waals surface area contributed by atoms with Gasteiger partial charge in [-0.25, -0.2) is 4.98 Å². The van der Waals surface area contributed by atoms with Crippen molar-refractivity contribution in [3.63, 3.8) is 0 Å². The quantitative estimate of drug-likeness (QED) is 0.597. The number of rotatable bonds is 2. The third kappa shape index (κ3) is 2.87. The molecule has 0 radical (unpaired) electrons. The van der Waals surface area contributed by atoms with Gasteiger partial charge in [0.05, 0.1) is 16.6 Å². The van der Waals surface area contributed by atoms with Crippen LogP contribution < -0.4 is 5.32 Å². The smallest absolute Gasteiger partial charge is 0.435 e. The van der Waals surface area contributed by atoms with Crippen LogP contribution in [-0.4, -0.2) is 44.2 Å². The number of pyridine rings is 1. The predicted molar refractivity (Wildman–Crippen MR) is 101 cm³/mol. The molecular weight excluding hydrogens is 399 g/mol. The summed E-state index contributed by atoms with van der Waals surface area (Å²) in [5.41, 5.74) is 0.238. The van der Waals surface area contributed by atoms with Crippen LogP contribution in [0.15, 0.2) is 42.2 Å². The monoisotopic (exact) mass is 415 g/mol. The lowest BCUT2D eigenvalue weighted by Gasteiger charge is -2.19. The zero-order valence-electron chi connectivity index (χ0n) is 15.5. The maximum atomic E-state index is 13.6. The van der Waals surface area contributed by atoms with Crippen molar-refractivity contribution in [2.45, 2.75) is 12.6 Å². The normalized spacial score (nSPS) is 18.4. The van der Waals surface area contributed by atoms with Crippen molar-refractivity contribution in [1.29, 1.82) is 0 Å². The van der Waals surface area contributed by atoms with Crippen molar-refractivity contribution >= 4 is 16.9 Å². The van der Waals surface area contributed by atoms with Crippen molar-refractivity contribution < 1.29 is 23.1 Å². The van der Waals surface area contributed by atoms with Crippen LogP contribution >= 0.6 is 0 Å². The van der Waals surface area contributed by atoms with Gasteiger partial charge in [-0.05, 0) is 36.8 Å². The molecule has 10 heteroatoms. The number of aromatic amines is 1. The number of fused-ring (bicyclic) bond motifs is 2. The van der Waals surface area contributed by atoms with E-state index in [9.17, 15) is 23.1 Å². The fraction of sp³-hybridized carbons (Fsp3) is 0.250. The Bertz CT molecular complexity index is 1180. The fourth-order valence-corrected chi connectivity index (χ4v) is 4.04. The van der Waals surface area contributed by atoms with E-state index < -0.39 is 17.8 Å². The lowest BCUT2D eigenvalue weighted by atomic mass is 10.0. The summed E-state index contributed by atoms with van der Waals surface area (Å²) in [6.45, 7) is 1.15. The molecule has 1 fully saturated rings. The van der Waals surface area contributed by atoms with Gasteiger partial charge in [0.1, 0.15) is 5.75 Å². The number of nitrogens with zero attached hydrogens (tertiary/aromatic N) is 3. The summed E-state index contributed by atoms with van der Waals surface area (Å²) in [6.07, 6.45) is -2.24. The van der Waals surface area contributed by atoms with Crippen LogP contribution in [-0.2, 0) is 6.18 Å². The van der Waals surface area contributed by atoms with Gasteiger partial charge in [-0.1, -0.05) is 0 Å². The number of aromatic nitrogens is 3. The molecule has 5 rings (SSSR count). The van der Waals surface area contributed by atoms with Gasteiger partial charge in [0.25, 0.3) is 5.91 Å². The summed E-state index contributed by atoms with van der Waals surface area (Å²) in [5, 5.41) is 18.0. The van der Waals surface area contributed by atoms with E-state index in [1.165, 1.54) is 23.1 Å². The topological polar surface area (TPSA) is 94.1 Å². The standard InChI is InChI=1S/C20H16F3N5O2/c21-20(22,23)17-16-13(19(30)28-6-5-11-8-24-9-15(11)28)7-14(25-18(16)27-26-17)10-1-3-12(29)4-2-10/h1-4,7,9,11,24,29H,5-6,8H2,(H,25,26,27). The third-order valence-electron chi connectivity index (χ3n) is 5.48. The number of likely N-dealkylation sites (tertiary alicyclic amines) is 1. The first-order valence-electron chi connectivity index (χ1n) is 9.34. The lowest BCUT2D eigenvalue weighted by Crippen LogP contribution is -2.27. The number of carbonyl (C=O) groups is 1. The number of benzene rings is 1. The first-order valence-corrected chi connectivity index (χ1v) is 9.34. The van der Waals surface area contributed by atoms with Gasteiger partial charge >= 0.3 is 6.18 Å². The van der Waals surface area contributed by atoms with Crippen molar-refractivity contribution in [1.82, 2.24) is 25.4 Å². The zero-order chi connectivity index (χ0) is 21.0. The summed E-state index contributed by atoms with van der Waals surface area (Å²) in [4.78, 5) is 19.2. The van der Waals surface area contributed by atoms with Crippen LogP contribution in [0.5, 0.6) is 5.75 Å². The van der Waals surface area contributed by atoms with Crippen LogP contribution in [0.4, 0.5) is 13.2 Å². The van der Waals surface area contributed by atoms with Crippen LogP contribution in [0.1, 0.15) is 22.5 Å². The number of nitrogens with one attached hydrogen (secondary N) is 2. The van der Waals surface area contributed by atoms with E-state index >= 15 is 0 Å². The zero-order valence-corrected chi connectivity index (χ0v) is 15.5. The highest BCUT2D eigenvalue weighted by atomic mass is 19.4. The molecule has 4 heterocycles. The third-order valence-corrected chi connectivity index (χ3v) is 5.48. The Morgan fingerprint density at radius 2 is 2.00 bits per heavy atom. The Balaban J connectivity index is 1.70. The molecule has 0 bridgehead atoms. The van der Waals surface area contributed by atoms with E-state index in [0.29, 0.717) is 24.3 Å². The molecule has 0 aliphatic carbocycles. The lowest BCUT2D eigenvalue weighted by molar-refractivity contribution is -0.139. The molecule has 30 heavy (non-hydrogen) atoms. The average Bonchev–Trinajstić information content (AvgIpc) is 3.42. The van der Waals surface area contributed by atoms with Gasteiger partial charge < -0.3 is 15.3 Å². The van der Waals surface area contributed by atoms with Gasteiger partial charge in [0.15, 0.2) is 11.3 Å². The minimum absolute atomic E-state index is 0.0424. The van der Waals surface area contributed by atoms with Crippen LogP contribution in [0.25, 0.3) is 22.3 Å². The molecule has 2 aromatic heterocycles. The second-order valence-electron chi connectivity index (χ2n) is 7.32. The number of hydrogen-bond acceptors (Lipinski definition) is 5. The molecule has 3 N–H and O–H groups in total. The van der Waals surface area contributed by atoms with Crippen LogP contribution in [0.2, 0.25) is 0 Å². The summed E-state index contributed by atoms with van der Waals surface area (Å²) in [7, 11) is 0. The van der Waals surface area contributed by atoms with Gasteiger partial charge in [-0.3, -0.25) is 9.89 Å². The van der Waals surface area contributed by atoms with Gasteiger partial charge in [-0.2, -0.15) is 18.3 Å². The minimum atomic E-state index is -4.74. The molecule has 1 aromatic carbocycles.